The Morgan fingerprint density at radius 1 is 1.29 bits per heavy atom. The summed E-state index contributed by atoms with van der Waals surface area (Å²) in [6, 6.07) is 6.83. The number of benzene rings is 1. The summed E-state index contributed by atoms with van der Waals surface area (Å²) in [5.41, 5.74) is 1.62. The number of urea groups is 1. The van der Waals surface area contributed by atoms with E-state index in [9.17, 15) is 9.59 Å². The number of hydrogen-bond acceptors (Lipinski definition) is 2. The molecule has 0 aliphatic carbocycles. The van der Waals surface area contributed by atoms with Gasteiger partial charge in [-0.1, -0.05) is 23.8 Å². The molecule has 0 radical (unpaired) electrons. The molecule has 5 heteroatoms. The fraction of sp³-hybridized carbons (Fsp3) is 0.375. The first-order chi connectivity index (χ1) is 9.86. The third-order valence-corrected chi connectivity index (χ3v) is 3.06. The van der Waals surface area contributed by atoms with Crippen LogP contribution in [0.1, 0.15) is 19.4 Å². The molecule has 114 valence electrons. The average Bonchev–Trinajstić information content (AvgIpc) is 2.42. The lowest BCUT2D eigenvalue weighted by Crippen LogP contribution is -2.48. The zero-order valence-corrected chi connectivity index (χ0v) is 12.7. The first kappa shape index (κ1) is 16.8. The van der Waals surface area contributed by atoms with Crippen molar-refractivity contribution < 1.29 is 14.7 Å². The molecule has 0 fully saturated rings. The molecule has 0 saturated heterocycles. The van der Waals surface area contributed by atoms with Crippen LogP contribution in [0.5, 0.6) is 0 Å². The predicted octanol–water partition coefficient (Wildman–Crippen LogP) is 2.90. The number of carboxylic acid groups (broad SMARTS) is 1. The van der Waals surface area contributed by atoms with Crippen molar-refractivity contribution in [3.05, 3.63) is 42.5 Å². The Morgan fingerprint density at radius 2 is 1.86 bits per heavy atom. The molecule has 1 rings (SSSR count). The fourth-order valence-electron chi connectivity index (χ4n) is 1.93. The number of amides is 2. The second kappa shape index (κ2) is 7.47. The molecule has 2 amide bonds. The smallest absolute Gasteiger partial charge is 0.325 e. The SMILES string of the molecule is C=CCN(C(=O)N(CC(=O)O)c1ccc(C)cc1)C(C)C. The van der Waals surface area contributed by atoms with Crippen molar-refractivity contribution in [2.75, 3.05) is 18.0 Å². The van der Waals surface area contributed by atoms with Gasteiger partial charge in [-0.25, -0.2) is 4.79 Å². The van der Waals surface area contributed by atoms with Gasteiger partial charge in [-0.3, -0.25) is 9.69 Å². The molecule has 0 aliphatic heterocycles. The van der Waals surface area contributed by atoms with Crippen LogP contribution in [0.3, 0.4) is 0 Å². The van der Waals surface area contributed by atoms with E-state index in [0.717, 1.165) is 5.56 Å². The maximum absolute atomic E-state index is 12.6. The summed E-state index contributed by atoms with van der Waals surface area (Å²) >= 11 is 0. The monoisotopic (exact) mass is 290 g/mol. The summed E-state index contributed by atoms with van der Waals surface area (Å²) in [5.74, 6) is -1.05. The summed E-state index contributed by atoms with van der Waals surface area (Å²) < 4.78 is 0. The van der Waals surface area contributed by atoms with Crippen LogP contribution < -0.4 is 4.90 Å². The van der Waals surface area contributed by atoms with E-state index >= 15 is 0 Å². The first-order valence-corrected chi connectivity index (χ1v) is 6.84. The van der Waals surface area contributed by atoms with Gasteiger partial charge in [-0.2, -0.15) is 0 Å². The lowest BCUT2D eigenvalue weighted by Gasteiger charge is -2.32. The number of hydrogen-bond donors (Lipinski definition) is 1. The minimum Gasteiger partial charge on any atom is -0.480 e. The van der Waals surface area contributed by atoms with Crippen LogP contribution in [0.4, 0.5) is 10.5 Å². The van der Waals surface area contributed by atoms with Crippen molar-refractivity contribution in [3.63, 3.8) is 0 Å². The molecule has 0 bridgehead atoms. The van der Waals surface area contributed by atoms with Gasteiger partial charge in [-0.15, -0.1) is 6.58 Å². The summed E-state index contributed by atoms with van der Waals surface area (Å²) in [4.78, 5) is 26.6. The molecular formula is C16H22N2O3. The first-order valence-electron chi connectivity index (χ1n) is 6.84. The van der Waals surface area contributed by atoms with Crippen LogP contribution in [-0.2, 0) is 4.79 Å². The minimum atomic E-state index is -1.05. The van der Waals surface area contributed by atoms with Crippen LogP contribution >= 0.6 is 0 Å². The molecule has 0 spiro atoms. The highest BCUT2D eigenvalue weighted by atomic mass is 16.4. The molecule has 1 aromatic carbocycles. The number of aryl methyl sites for hydroxylation is 1. The number of nitrogens with zero attached hydrogens (tertiary/aromatic N) is 2. The maximum atomic E-state index is 12.6. The summed E-state index contributed by atoms with van der Waals surface area (Å²) in [5, 5.41) is 9.07. The van der Waals surface area contributed by atoms with Crippen molar-refractivity contribution >= 4 is 17.7 Å². The van der Waals surface area contributed by atoms with Gasteiger partial charge in [0.2, 0.25) is 0 Å². The normalized spacial score (nSPS) is 10.3. The van der Waals surface area contributed by atoms with Crippen LogP contribution in [0.2, 0.25) is 0 Å². The van der Waals surface area contributed by atoms with Crippen LogP contribution in [-0.4, -0.2) is 41.1 Å². The summed E-state index contributed by atoms with van der Waals surface area (Å²) in [6.07, 6.45) is 1.63. The molecule has 0 aliphatic rings. The lowest BCUT2D eigenvalue weighted by molar-refractivity contribution is -0.135. The Kier molecular flexibility index (Phi) is 5.96. The third kappa shape index (κ3) is 4.63. The van der Waals surface area contributed by atoms with Crippen molar-refractivity contribution in [3.8, 4) is 0 Å². The summed E-state index contributed by atoms with van der Waals surface area (Å²) in [7, 11) is 0. The van der Waals surface area contributed by atoms with Gasteiger partial charge in [-0.05, 0) is 32.9 Å². The van der Waals surface area contributed by atoms with Crippen LogP contribution in [0.15, 0.2) is 36.9 Å². The number of aliphatic carboxylic acids is 1. The van der Waals surface area contributed by atoms with E-state index in [2.05, 4.69) is 6.58 Å². The highest BCUT2D eigenvalue weighted by molar-refractivity contribution is 5.96. The molecule has 21 heavy (non-hydrogen) atoms. The highest BCUT2D eigenvalue weighted by Gasteiger charge is 2.25. The Balaban J connectivity index is 3.11. The molecule has 1 N–H and O–H groups in total. The van der Waals surface area contributed by atoms with E-state index in [4.69, 9.17) is 5.11 Å². The number of carbonyl (C=O) groups excluding carboxylic acids is 1. The number of rotatable bonds is 6. The van der Waals surface area contributed by atoms with Crippen molar-refractivity contribution in [1.29, 1.82) is 0 Å². The van der Waals surface area contributed by atoms with E-state index in [1.54, 1.807) is 23.1 Å². The Hall–Kier alpha value is -2.30. The second-order valence-corrected chi connectivity index (χ2v) is 5.13. The van der Waals surface area contributed by atoms with Crippen molar-refractivity contribution in [2.45, 2.75) is 26.8 Å². The third-order valence-electron chi connectivity index (χ3n) is 3.06. The van der Waals surface area contributed by atoms with Crippen LogP contribution in [0, 0.1) is 6.92 Å². The Bertz CT molecular complexity index is 509. The van der Waals surface area contributed by atoms with Crippen molar-refractivity contribution in [2.24, 2.45) is 0 Å². The topological polar surface area (TPSA) is 60.9 Å². The molecule has 0 aromatic heterocycles. The van der Waals surface area contributed by atoms with Gasteiger partial charge in [0.25, 0.3) is 0 Å². The van der Waals surface area contributed by atoms with Gasteiger partial charge >= 0.3 is 12.0 Å². The van der Waals surface area contributed by atoms with Crippen LogP contribution in [0.25, 0.3) is 0 Å². The highest BCUT2D eigenvalue weighted by Crippen LogP contribution is 2.18. The number of carboxylic acids is 1. The average molecular weight is 290 g/mol. The molecule has 1 aromatic rings. The summed E-state index contributed by atoms with van der Waals surface area (Å²) in [6.45, 7) is 9.35. The van der Waals surface area contributed by atoms with E-state index in [0.29, 0.717) is 12.2 Å². The van der Waals surface area contributed by atoms with E-state index in [1.165, 1.54) is 4.90 Å². The van der Waals surface area contributed by atoms with Gasteiger partial charge < -0.3 is 10.0 Å². The molecule has 0 heterocycles. The minimum absolute atomic E-state index is 0.0442. The molecule has 0 atom stereocenters. The molecular weight excluding hydrogens is 268 g/mol. The quantitative estimate of drug-likeness (QED) is 0.819. The zero-order chi connectivity index (χ0) is 16.0. The van der Waals surface area contributed by atoms with E-state index in [1.807, 2.05) is 32.9 Å². The second-order valence-electron chi connectivity index (χ2n) is 5.13. The molecule has 5 nitrogen and oxygen atoms in total. The van der Waals surface area contributed by atoms with Gasteiger partial charge in [0.1, 0.15) is 6.54 Å². The Labute approximate surface area is 125 Å². The number of carbonyl (C=O) groups is 2. The molecule has 0 unspecified atom stereocenters. The largest absolute Gasteiger partial charge is 0.480 e. The van der Waals surface area contributed by atoms with E-state index in [-0.39, 0.29) is 18.6 Å². The lowest BCUT2D eigenvalue weighted by atomic mass is 10.2. The fourth-order valence-corrected chi connectivity index (χ4v) is 1.93. The Morgan fingerprint density at radius 3 is 2.29 bits per heavy atom. The van der Waals surface area contributed by atoms with E-state index < -0.39 is 5.97 Å². The standard InChI is InChI=1S/C16H22N2O3/c1-5-10-17(12(2)3)16(21)18(11-15(19)20)14-8-6-13(4)7-9-14/h5-9,12H,1,10-11H2,2-4H3,(H,19,20). The van der Waals surface area contributed by atoms with Gasteiger partial charge in [0, 0.05) is 18.3 Å². The predicted molar refractivity (Wildman–Crippen MR) is 83.6 cm³/mol. The maximum Gasteiger partial charge on any atom is 0.325 e. The van der Waals surface area contributed by atoms with Gasteiger partial charge in [0.05, 0.1) is 0 Å². The number of anilines is 1. The van der Waals surface area contributed by atoms with Crippen molar-refractivity contribution in [1.82, 2.24) is 4.90 Å². The molecule has 0 saturated carbocycles. The zero-order valence-electron chi connectivity index (χ0n) is 12.7. The van der Waals surface area contributed by atoms with Gasteiger partial charge in [0.15, 0.2) is 0 Å².